The highest BCUT2D eigenvalue weighted by Gasteiger charge is 2.30. The molecule has 6 heteroatoms. The van der Waals surface area contributed by atoms with Gasteiger partial charge in [0.2, 0.25) is 0 Å². The number of ether oxygens (including phenoxy) is 1. The number of halogens is 1. The molecule has 0 bridgehead atoms. The third kappa shape index (κ3) is 2.96. The van der Waals surface area contributed by atoms with Crippen LogP contribution in [-0.4, -0.2) is 27.2 Å². The molecule has 0 spiro atoms. The number of rotatable bonds is 4. The summed E-state index contributed by atoms with van der Waals surface area (Å²) in [5.74, 6) is 0.798. The van der Waals surface area contributed by atoms with Crippen molar-refractivity contribution in [1.29, 1.82) is 0 Å². The number of methoxy groups -OCH3 is 1. The SMILES string of the molecule is COc1ccc(CC(C)(O)c2c(Br)nnn2C)cc1. The standard InChI is InChI=1S/C13H16BrN3O2/c1-13(18,11-12(14)15-16-17(11)2)8-9-4-6-10(19-3)7-5-9/h4-7,18H,8H2,1-3H3. The second kappa shape index (κ2) is 5.30. The molecule has 0 amide bonds. The van der Waals surface area contributed by atoms with E-state index in [0.717, 1.165) is 11.3 Å². The van der Waals surface area contributed by atoms with E-state index in [1.165, 1.54) is 0 Å². The summed E-state index contributed by atoms with van der Waals surface area (Å²) in [6.45, 7) is 1.75. The van der Waals surface area contributed by atoms with E-state index in [1.54, 1.807) is 25.8 Å². The van der Waals surface area contributed by atoms with Crippen LogP contribution in [0.2, 0.25) is 0 Å². The van der Waals surface area contributed by atoms with Crippen LogP contribution in [0.15, 0.2) is 28.9 Å². The molecular weight excluding hydrogens is 310 g/mol. The summed E-state index contributed by atoms with van der Waals surface area (Å²) in [4.78, 5) is 0. The number of hydrogen-bond acceptors (Lipinski definition) is 4. The Bertz CT molecular complexity index is 544. The molecule has 1 unspecified atom stereocenters. The molecule has 0 radical (unpaired) electrons. The van der Waals surface area contributed by atoms with Crippen molar-refractivity contribution in [1.82, 2.24) is 15.0 Å². The summed E-state index contributed by atoms with van der Waals surface area (Å²) in [5.41, 5.74) is 0.619. The van der Waals surface area contributed by atoms with Gasteiger partial charge in [0.1, 0.15) is 17.0 Å². The van der Waals surface area contributed by atoms with E-state index in [-0.39, 0.29) is 0 Å². The average molecular weight is 326 g/mol. The number of nitrogens with zero attached hydrogens (tertiary/aromatic N) is 3. The summed E-state index contributed by atoms with van der Waals surface area (Å²) >= 11 is 3.31. The first kappa shape index (κ1) is 14.0. The van der Waals surface area contributed by atoms with Gasteiger partial charge in [0.25, 0.3) is 0 Å². The highest BCUT2D eigenvalue weighted by atomic mass is 79.9. The fourth-order valence-electron chi connectivity index (χ4n) is 2.13. The van der Waals surface area contributed by atoms with Gasteiger partial charge in [-0.15, -0.1) is 5.10 Å². The van der Waals surface area contributed by atoms with Crippen molar-refractivity contribution in [2.75, 3.05) is 7.11 Å². The molecule has 1 aromatic heterocycles. The van der Waals surface area contributed by atoms with Crippen LogP contribution < -0.4 is 4.74 Å². The summed E-state index contributed by atoms with van der Waals surface area (Å²) in [6.07, 6.45) is 0.469. The van der Waals surface area contributed by atoms with Crippen LogP contribution in [-0.2, 0) is 19.1 Å². The van der Waals surface area contributed by atoms with E-state index >= 15 is 0 Å². The average Bonchev–Trinajstić information content (AvgIpc) is 2.70. The van der Waals surface area contributed by atoms with Gasteiger partial charge in [0.15, 0.2) is 4.60 Å². The van der Waals surface area contributed by atoms with Gasteiger partial charge in [0.05, 0.1) is 7.11 Å². The van der Waals surface area contributed by atoms with Crippen molar-refractivity contribution < 1.29 is 9.84 Å². The number of aliphatic hydroxyl groups is 1. The van der Waals surface area contributed by atoms with Crippen molar-refractivity contribution >= 4 is 15.9 Å². The highest BCUT2D eigenvalue weighted by Crippen LogP contribution is 2.29. The van der Waals surface area contributed by atoms with Crippen molar-refractivity contribution in [3.8, 4) is 5.75 Å². The topological polar surface area (TPSA) is 60.2 Å². The maximum absolute atomic E-state index is 10.7. The molecule has 5 nitrogen and oxygen atoms in total. The maximum atomic E-state index is 10.7. The highest BCUT2D eigenvalue weighted by molar-refractivity contribution is 9.10. The van der Waals surface area contributed by atoms with Crippen LogP contribution >= 0.6 is 15.9 Å². The molecule has 0 aliphatic carbocycles. The fourth-order valence-corrected chi connectivity index (χ4v) is 2.88. The predicted octanol–water partition coefficient (Wildman–Crippen LogP) is 2.04. The largest absolute Gasteiger partial charge is 0.497 e. The van der Waals surface area contributed by atoms with Crippen LogP contribution in [0.4, 0.5) is 0 Å². The van der Waals surface area contributed by atoms with Crippen LogP contribution in [0.5, 0.6) is 5.75 Å². The second-order valence-corrected chi connectivity index (χ2v) is 5.40. The summed E-state index contributed by atoms with van der Waals surface area (Å²) in [7, 11) is 3.39. The number of benzene rings is 1. The minimum atomic E-state index is -1.05. The smallest absolute Gasteiger partial charge is 0.154 e. The van der Waals surface area contributed by atoms with Crippen molar-refractivity contribution in [3.63, 3.8) is 0 Å². The zero-order valence-electron chi connectivity index (χ0n) is 11.1. The number of aryl methyl sites for hydroxylation is 1. The monoisotopic (exact) mass is 325 g/mol. The Kier molecular flexibility index (Phi) is 3.91. The van der Waals surface area contributed by atoms with Gasteiger partial charge in [-0.2, -0.15) is 0 Å². The van der Waals surface area contributed by atoms with E-state index in [4.69, 9.17) is 4.74 Å². The Morgan fingerprint density at radius 3 is 2.47 bits per heavy atom. The lowest BCUT2D eigenvalue weighted by atomic mass is 9.93. The second-order valence-electron chi connectivity index (χ2n) is 4.65. The lowest BCUT2D eigenvalue weighted by Gasteiger charge is -2.23. The number of aromatic nitrogens is 3. The normalized spacial score (nSPS) is 14.2. The molecule has 0 saturated heterocycles. The predicted molar refractivity (Wildman–Crippen MR) is 75.0 cm³/mol. The molecule has 0 saturated carbocycles. The first-order chi connectivity index (χ1) is 8.94. The minimum absolute atomic E-state index is 0.469. The van der Waals surface area contributed by atoms with Crippen LogP contribution in [0, 0.1) is 0 Å². The van der Waals surface area contributed by atoms with Gasteiger partial charge >= 0.3 is 0 Å². The Balaban J connectivity index is 2.25. The summed E-state index contributed by atoms with van der Waals surface area (Å²) < 4.78 is 7.26. The first-order valence-corrected chi connectivity index (χ1v) is 6.64. The number of hydrogen-bond donors (Lipinski definition) is 1. The lowest BCUT2D eigenvalue weighted by Crippen LogP contribution is -2.27. The van der Waals surface area contributed by atoms with E-state index in [1.807, 2.05) is 24.3 Å². The van der Waals surface area contributed by atoms with E-state index in [2.05, 4.69) is 26.2 Å². The van der Waals surface area contributed by atoms with Gasteiger partial charge in [-0.1, -0.05) is 17.3 Å². The maximum Gasteiger partial charge on any atom is 0.154 e. The molecule has 2 rings (SSSR count). The Labute approximate surface area is 120 Å². The van der Waals surface area contributed by atoms with Gasteiger partial charge in [-0.25, -0.2) is 4.68 Å². The molecule has 2 aromatic rings. The molecule has 1 heterocycles. The molecule has 0 fully saturated rings. The minimum Gasteiger partial charge on any atom is -0.497 e. The third-order valence-corrected chi connectivity index (χ3v) is 3.54. The summed E-state index contributed by atoms with van der Waals surface area (Å²) in [5, 5.41) is 18.4. The van der Waals surface area contributed by atoms with Crippen molar-refractivity contribution in [2.24, 2.45) is 7.05 Å². The van der Waals surface area contributed by atoms with Crippen molar-refractivity contribution in [3.05, 3.63) is 40.1 Å². The van der Waals surface area contributed by atoms with Crippen LogP contribution in [0.1, 0.15) is 18.2 Å². The van der Waals surface area contributed by atoms with Crippen LogP contribution in [0.25, 0.3) is 0 Å². The molecule has 1 N–H and O–H groups in total. The van der Waals surface area contributed by atoms with Gasteiger partial charge in [-0.3, -0.25) is 0 Å². The fraction of sp³-hybridized carbons (Fsp3) is 0.385. The summed E-state index contributed by atoms with van der Waals surface area (Å²) in [6, 6.07) is 7.62. The Morgan fingerprint density at radius 1 is 1.37 bits per heavy atom. The first-order valence-electron chi connectivity index (χ1n) is 5.85. The van der Waals surface area contributed by atoms with Gasteiger partial charge < -0.3 is 9.84 Å². The quantitative estimate of drug-likeness (QED) is 0.934. The van der Waals surface area contributed by atoms with Gasteiger partial charge in [0, 0.05) is 13.5 Å². The Hall–Kier alpha value is -1.40. The zero-order chi connectivity index (χ0) is 14.0. The van der Waals surface area contributed by atoms with Crippen LogP contribution in [0.3, 0.4) is 0 Å². The van der Waals surface area contributed by atoms with Crippen molar-refractivity contribution in [2.45, 2.75) is 18.9 Å². The lowest BCUT2D eigenvalue weighted by molar-refractivity contribution is 0.0482. The van der Waals surface area contributed by atoms with Gasteiger partial charge in [-0.05, 0) is 40.5 Å². The van der Waals surface area contributed by atoms with E-state index in [9.17, 15) is 5.11 Å². The molecular formula is C13H16BrN3O2. The molecule has 1 aromatic carbocycles. The Morgan fingerprint density at radius 2 is 2.00 bits per heavy atom. The van der Waals surface area contributed by atoms with E-state index < -0.39 is 5.60 Å². The molecule has 0 aliphatic heterocycles. The molecule has 102 valence electrons. The third-order valence-electron chi connectivity index (χ3n) is 3.00. The zero-order valence-corrected chi connectivity index (χ0v) is 12.7. The van der Waals surface area contributed by atoms with E-state index in [0.29, 0.717) is 16.7 Å². The molecule has 0 aliphatic rings. The molecule has 1 atom stereocenters. The molecule has 19 heavy (non-hydrogen) atoms.